The lowest BCUT2D eigenvalue weighted by Crippen LogP contribution is -2.49. The lowest BCUT2D eigenvalue weighted by molar-refractivity contribution is 0.0952. The number of ether oxygens (including phenoxy) is 1. The summed E-state index contributed by atoms with van der Waals surface area (Å²) in [6.45, 7) is 5.09. The molecule has 1 aliphatic rings. The van der Waals surface area contributed by atoms with Crippen LogP contribution < -0.4 is 10.2 Å². The molecule has 2 aromatic rings. The highest BCUT2D eigenvalue weighted by molar-refractivity contribution is 5.93. The fourth-order valence-corrected chi connectivity index (χ4v) is 2.97. The van der Waals surface area contributed by atoms with Gasteiger partial charge < -0.3 is 19.9 Å². The predicted octanol–water partition coefficient (Wildman–Crippen LogP) is 1.73. The van der Waals surface area contributed by atoms with Crippen LogP contribution in [0.5, 0.6) is 0 Å². The molecule has 0 unspecified atom stereocenters. The standard InChI is InChI=1S/C20H25N5O3/c1-2-28-20(27)25-12-10-24(11-13-25)19-22-14-17(15-23-19)18(26)21-9-8-16-6-4-3-5-7-16/h3-7,14-15H,2,8-13H2,1H3,(H,21,26). The highest BCUT2D eigenvalue weighted by Gasteiger charge is 2.23. The maximum Gasteiger partial charge on any atom is 0.409 e. The van der Waals surface area contributed by atoms with E-state index in [0.717, 1.165) is 6.42 Å². The summed E-state index contributed by atoms with van der Waals surface area (Å²) in [6, 6.07) is 10.0. The minimum atomic E-state index is -0.286. The Balaban J connectivity index is 1.47. The van der Waals surface area contributed by atoms with Gasteiger partial charge in [-0.2, -0.15) is 0 Å². The van der Waals surface area contributed by atoms with Gasteiger partial charge in [0.2, 0.25) is 5.95 Å². The molecule has 0 spiro atoms. The second-order valence-electron chi connectivity index (χ2n) is 6.44. The molecule has 0 aliphatic carbocycles. The fourth-order valence-electron chi connectivity index (χ4n) is 2.97. The molecule has 8 nitrogen and oxygen atoms in total. The zero-order valence-electron chi connectivity index (χ0n) is 16.0. The summed E-state index contributed by atoms with van der Waals surface area (Å²) in [5, 5.41) is 2.89. The third kappa shape index (κ3) is 5.18. The van der Waals surface area contributed by atoms with Gasteiger partial charge in [-0.3, -0.25) is 4.79 Å². The molecule has 2 amide bonds. The van der Waals surface area contributed by atoms with Crippen LogP contribution in [-0.4, -0.2) is 66.2 Å². The highest BCUT2D eigenvalue weighted by Crippen LogP contribution is 2.12. The SMILES string of the molecule is CCOC(=O)N1CCN(c2ncc(C(=O)NCCc3ccccc3)cn2)CC1. The number of hydrogen-bond acceptors (Lipinski definition) is 6. The molecule has 1 aromatic heterocycles. The minimum Gasteiger partial charge on any atom is -0.450 e. The molecule has 3 rings (SSSR count). The lowest BCUT2D eigenvalue weighted by Gasteiger charge is -2.33. The van der Waals surface area contributed by atoms with Crippen molar-refractivity contribution in [3.8, 4) is 0 Å². The van der Waals surface area contributed by atoms with Gasteiger partial charge in [-0.1, -0.05) is 30.3 Å². The van der Waals surface area contributed by atoms with E-state index in [4.69, 9.17) is 4.74 Å². The Morgan fingerprint density at radius 3 is 2.39 bits per heavy atom. The van der Waals surface area contributed by atoms with Gasteiger partial charge in [-0.25, -0.2) is 14.8 Å². The highest BCUT2D eigenvalue weighted by atomic mass is 16.6. The van der Waals surface area contributed by atoms with Crippen LogP contribution >= 0.6 is 0 Å². The molecule has 0 radical (unpaired) electrons. The molecule has 1 aliphatic heterocycles. The van der Waals surface area contributed by atoms with E-state index in [9.17, 15) is 9.59 Å². The molecule has 0 atom stereocenters. The summed E-state index contributed by atoms with van der Waals surface area (Å²) >= 11 is 0. The molecule has 0 saturated carbocycles. The van der Waals surface area contributed by atoms with E-state index in [2.05, 4.69) is 15.3 Å². The van der Waals surface area contributed by atoms with Gasteiger partial charge in [0.15, 0.2) is 0 Å². The average molecular weight is 383 g/mol. The van der Waals surface area contributed by atoms with Crippen LogP contribution in [0.25, 0.3) is 0 Å². The van der Waals surface area contributed by atoms with Crippen molar-refractivity contribution in [1.29, 1.82) is 0 Å². The van der Waals surface area contributed by atoms with Crippen LogP contribution in [0.4, 0.5) is 10.7 Å². The first-order valence-corrected chi connectivity index (χ1v) is 9.48. The summed E-state index contributed by atoms with van der Waals surface area (Å²) in [5.74, 6) is 0.374. The summed E-state index contributed by atoms with van der Waals surface area (Å²) in [5.41, 5.74) is 1.61. The number of benzene rings is 1. The molecular weight excluding hydrogens is 358 g/mol. The number of piperazine rings is 1. The molecule has 1 N–H and O–H groups in total. The van der Waals surface area contributed by atoms with Crippen molar-refractivity contribution >= 4 is 17.9 Å². The largest absolute Gasteiger partial charge is 0.450 e. The molecule has 1 fully saturated rings. The van der Waals surface area contributed by atoms with Crippen LogP contribution in [0, 0.1) is 0 Å². The van der Waals surface area contributed by atoms with Gasteiger partial charge in [-0.05, 0) is 18.9 Å². The first-order chi connectivity index (χ1) is 13.7. The molecule has 1 saturated heterocycles. The predicted molar refractivity (Wildman–Crippen MR) is 105 cm³/mol. The Morgan fingerprint density at radius 1 is 1.07 bits per heavy atom. The quantitative estimate of drug-likeness (QED) is 0.817. The summed E-state index contributed by atoms with van der Waals surface area (Å²) in [6.07, 6.45) is 3.57. The zero-order valence-corrected chi connectivity index (χ0v) is 16.0. The van der Waals surface area contributed by atoms with Crippen LogP contribution in [0.1, 0.15) is 22.8 Å². The van der Waals surface area contributed by atoms with E-state index >= 15 is 0 Å². The van der Waals surface area contributed by atoms with Crippen molar-refractivity contribution in [2.45, 2.75) is 13.3 Å². The van der Waals surface area contributed by atoms with E-state index in [1.165, 1.54) is 18.0 Å². The van der Waals surface area contributed by atoms with Crippen molar-refractivity contribution in [2.24, 2.45) is 0 Å². The molecule has 2 heterocycles. The lowest BCUT2D eigenvalue weighted by atomic mass is 10.1. The van der Waals surface area contributed by atoms with Crippen molar-refractivity contribution in [3.63, 3.8) is 0 Å². The molecule has 28 heavy (non-hydrogen) atoms. The Labute approximate surface area is 164 Å². The number of hydrogen-bond donors (Lipinski definition) is 1. The summed E-state index contributed by atoms with van der Waals surface area (Å²) in [4.78, 5) is 36.3. The van der Waals surface area contributed by atoms with Gasteiger partial charge in [0.25, 0.3) is 5.91 Å². The number of carbonyl (C=O) groups excluding carboxylic acids is 2. The molecular formula is C20H25N5O3. The van der Waals surface area contributed by atoms with E-state index < -0.39 is 0 Å². The monoisotopic (exact) mass is 383 g/mol. The van der Waals surface area contributed by atoms with E-state index in [0.29, 0.717) is 50.8 Å². The Morgan fingerprint density at radius 2 is 1.75 bits per heavy atom. The summed E-state index contributed by atoms with van der Waals surface area (Å²) in [7, 11) is 0. The first kappa shape index (κ1) is 19.6. The second kappa shape index (κ2) is 9.68. The smallest absolute Gasteiger partial charge is 0.409 e. The Kier molecular flexibility index (Phi) is 6.78. The number of carbonyl (C=O) groups is 2. The number of aromatic nitrogens is 2. The molecule has 148 valence electrons. The third-order valence-corrected chi connectivity index (χ3v) is 4.53. The fraction of sp³-hybridized carbons (Fsp3) is 0.400. The second-order valence-corrected chi connectivity index (χ2v) is 6.44. The van der Waals surface area contributed by atoms with Gasteiger partial charge in [0.1, 0.15) is 0 Å². The number of nitrogens with zero attached hydrogens (tertiary/aromatic N) is 4. The van der Waals surface area contributed by atoms with Crippen molar-refractivity contribution in [1.82, 2.24) is 20.2 Å². The molecule has 0 bridgehead atoms. The number of nitrogens with one attached hydrogen (secondary N) is 1. The van der Waals surface area contributed by atoms with Crippen molar-refractivity contribution in [2.75, 3.05) is 44.2 Å². The Hall–Kier alpha value is -3.16. The average Bonchev–Trinajstić information content (AvgIpc) is 2.75. The first-order valence-electron chi connectivity index (χ1n) is 9.48. The maximum atomic E-state index is 12.2. The van der Waals surface area contributed by atoms with Crippen molar-refractivity contribution < 1.29 is 14.3 Å². The van der Waals surface area contributed by atoms with Gasteiger partial charge >= 0.3 is 6.09 Å². The number of rotatable bonds is 6. The normalized spacial score (nSPS) is 13.9. The van der Waals surface area contributed by atoms with Crippen LogP contribution in [0.15, 0.2) is 42.7 Å². The van der Waals surface area contributed by atoms with Crippen LogP contribution in [-0.2, 0) is 11.2 Å². The number of amides is 2. The van der Waals surface area contributed by atoms with E-state index in [1.807, 2.05) is 35.2 Å². The topological polar surface area (TPSA) is 87.7 Å². The van der Waals surface area contributed by atoms with Gasteiger partial charge in [0, 0.05) is 45.1 Å². The Bertz CT molecular complexity index is 774. The van der Waals surface area contributed by atoms with Gasteiger partial charge in [0.05, 0.1) is 12.2 Å². The molecule has 1 aromatic carbocycles. The third-order valence-electron chi connectivity index (χ3n) is 4.53. The summed E-state index contributed by atoms with van der Waals surface area (Å²) < 4.78 is 5.02. The van der Waals surface area contributed by atoms with E-state index in [-0.39, 0.29) is 12.0 Å². The van der Waals surface area contributed by atoms with Crippen LogP contribution in [0.2, 0.25) is 0 Å². The zero-order chi connectivity index (χ0) is 19.8. The maximum absolute atomic E-state index is 12.2. The van der Waals surface area contributed by atoms with Crippen LogP contribution in [0.3, 0.4) is 0 Å². The van der Waals surface area contributed by atoms with Gasteiger partial charge in [-0.15, -0.1) is 0 Å². The minimum absolute atomic E-state index is 0.186. The van der Waals surface area contributed by atoms with Crippen molar-refractivity contribution in [3.05, 3.63) is 53.9 Å². The number of anilines is 1. The molecule has 8 heteroatoms. The van der Waals surface area contributed by atoms with E-state index in [1.54, 1.807) is 11.8 Å².